The molecule has 5 heteroatoms. The van der Waals surface area contributed by atoms with Gasteiger partial charge in [-0.3, -0.25) is 0 Å². The lowest BCUT2D eigenvalue weighted by molar-refractivity contribution is 0.145. The smallest absolute Gasteiger partial charge is 0.134 e. The number of hydrogen-bond acceptors (Lipinski definition) is 5. The predicted molar refractivity (Wildman–Crippen MR) is 68.5 cm³/mol. The maximum atomic E-state index is 9.50. The molecule has 5 nitrogen and oxygen atoms in total. The molecule has 1 saturated heterocycles. The Labute approximate surface area is 102 Å². The molecule has 0 aliphatic carbocycles. The van der Waals surface area contributed by atoms with Gasteiger partial charge in [0.05, 0.1) is 6.10 Å². The minimum atomic E-state index is -0.150. The zero-order valence-electron chi connectivity index (χ0n) is 10.7. The van der Waals surface area contributed by atoms with Crippen molar-refractivity contribution < 1.29 is 5.11 Å². The van der Waals surface area contributed by atoms with Crippen LogP contribution in [0.15, 0.2) is 6.07 Å². The van der Waals surface area contributed by atoms with Crippen molar-refractivity contribution in [3.63, 3.8) is 0 Å². The van der Waals surface area contributed by atoms with Gasteiger partial charge in [0, 0.05) is 33.3 Å². The lowest BCUT2D eigenvalue weighted by Gasteiger charge is -2.31. The monoisotopic (exact) mass is 236 g/mol. The summed E-state index contributed by atoms with van der Waals surface area (Å²) in [5, 5.41) is 9.50. The molecule has 17 heavy (non-hydrogen) atoms. The molecule has 0 radical (unpaired) electrons. The second kappa shape index (κ2) is 4.87. The third-order valence-electron chi connectivity index (χ3n) is 3.06. The summed E-state index contributed by atoms with van der Waals surface area (Å²) in [7, 11) is 3.96. The number of aliphatic hydroxyl groups excluding tert-OH is 1. The van der Waals surface area contributed by atoms with E-state index in [0.717, 1.165) is 43.4 Å². The van der Waals surface area contributed by atoms with Gasteiger partial charge in [-0.25, -0.2) is 9.97 Å². The van der Waals surface area contributed by atoms with Crippen LogP contribution in [0.4, 0.5) is 11.6 Å². The van der Waals surface area contributed by atoms with Crippen LogP contribution in [-0.4, -0.2) is 48.4 Å². The molecule has 1 aliphatic heterocycles. The first-order valence-electron chi connectivity index (χ1n) is 6.02. The summed E-state index contributed by atoms with van der Waals surface area (Å²) < 4.78 is 0. The van der Waals surface area contributed by atoms with Gasteiger partial charge < -0.3 is 14.9 Å². The number of rotatable bonds is 2. The Morgan fingerprint density at radius 2 is 1.94 bits per heavy atom. The van der Waals surface area contributed by atoms with Crippen molar-refractivity contribution in [2.45, 2.75) is 25.9 Å². The SMILES string of the molecule is Cc1nc(N(C)C)cc(N2CCC(O)CC2)n1. The van der Waals surface area contributed by atoms with Crippen molar-refractivity contribution in [3.05, 3.63) is 11.9 Å². The Bertz CT molecular complexity index is 386. The highest BCUT2D eigenvalue weighted by Gasteiger charge is 2.19. The van der Waals surface area contributed by atoms with E-state index in [1.54, 1.807) is 0 Å². The van der Waals surface area contributed by atoms with Gasteiger partial charge in [0.2, 0.25) is 0 Å². The second-order valence-corrected chi connectivity index (χ2v) is 4.74. The second-order valence-electron chi connectivity index (χ2n) is 4.74. The van der Waals surface area contributed by atoms with Crippen molar-refractivity contribution in [3.8, 4) is 0 Å². The minimum Gasteiger partial charge on any atom is -0.393 e. The van der Waals surface area contributed by atoms with Gasteiger partial charge in [-0.1, -0.05) is 0 Å². The summed E-state index contributed by atoms with van der Waals surface area (Å²) in [6, 6.07) is 2.00. The van der Waals surface area contributed by atoms with Crippen LogP contribution in [-0.2, 0) is 0 Å². The quantitative estimate of drug-likeness (QED) is 0.823. The van der Waals surface area contributed by atoms with Crippen LogP contribution in [0.5, 0.6) is 0 Å². The summed E-state index contributed by atoms with van der Waals surface area (Å²) in [6.07, 6.45) is 1.49. The van der Waals surface area contributed by atoms with Crippen LogP contribution >= 0.6 is 0 Å². The first-order chi connectivity index (χ1) is 8.06. The molecule has 0 bridgehead atoms. The van der Waals surface area contributed by atoms with E-state index in [1.807, 2.05) is 32.0 Å². The molecule has 0 spiro atoms. The van der Waals surface area contributed by atoms with E-state index in [2.05, 4.69) is 14.9 Å². The number of aryl methyl sites for hydroxylation is 1. The fraction of sp³-hybridized carbons (Fsp3) is 0.667. The molecular formula is C12H20N4O. The van der Waals surface area contributed by atoms with E-state index in [9.17, 15) is 5.11 Å². The van der Waals surface area contributed by atoms with Crippen LogP contribution in [0.2, 0.25) is 0 Å². The topological polar surface area (TPSA) is 52.5 Å². The third-order valence-corrected chi connectivity index (χ3v) is 3.06. The standard InChI is InChI=1S/C12H20N4O/c1-9-13-11(15(2)3)8-12(14-9)16-6-4-10(17)5-7-16/h8,10,17H,4-7H2,1-3H3. The molecule has 1 aromatic heterocycles. The highest BCUT2D eigenvalue weighted by molar-refractivity contribution is 5.50. The fourth-order valence-corrected chi connectivity index (χ4v) is 2.02. The number of piperidine rings is 1. The Morgan fingerprint density at radius 3 is 2.53 bits per heavy atom. The van der Waals surface area contributed by atoms with Crippen LogP contribution in [0, 0.1) is 6.92 Å². The van der Waals surface area contributed by atoms with E-state index in [1.165, 1.54) is 0 Å². The van der Waals surface area contributed by atoms with Gasteiger partial charge in [-0.2, -0.15) is 0 Å². The number of aliphatic hydroxyl groups is 1. The van der Waals surface area contributed by atoms with E-state index in [-0.39, 0.29) is 6.10 Å². The van der Waals surface area contributed by atoms with Gasteiger partial charge in [0.1, 0.15) is 17.5 Å². The highest BCUT2D eigenvalue weighted by atomic mass is 16.3. The van der Waals surface area contributed by atoms with E-state index >= 15 is 0 Å². The molecule has 2 rings (SSSR count). The van der Waals surface area contributed by atoms with Gasteiger partial charge in [0.25, 0.3) is 0 Å². The van der Waals surface area contributed by atoms with Crippen LogP contribution in [0.25, 0.3) is 0 Å². The van der Waals surface area contributed by atoms with Crippen molar-refractivity contribution in [2.75, 3.05) is 37.0 Å². The number of aromatic nitrogens is 2. The minimum absolute atomic E-state index is 0.150. The maximum absolute atomic E-state index is 9.50. The third kappa shape index (κ3) is 2.85. The molecule has 1 fully saturated rings. The molecule has 0 unspecified atom stereocenters. The molecule has 0 saturated carbocycles. The highest BCUT2D eigenvalue weighted by Crippen LogP contribution is 2.21. The van der Waals surface area contributed by atoms with Gasteiger partial charge in [-0.15, -0.1) is 0 Å². The van der Waals surface area contributed by atoms with Crippen molar-refractivity contribution in [1.82, 2.24) is 9.97 Å². The molecule has 0 aromatic carbocycles. The Morgan fingerprint density at radius 1 is 1.29 bits per heavy atom. The number of anilines is 2. The Balaban J connectivity index is 2.20. The molecule has 1 N–H and O–H groups in total. The fourth-order valence-electron chi connectivity index (χ4n) is 2.02. The van der Waals surface area contributed by atoms with E-state index in [4.69, 9.17) is 0 Å². The summed E-state index contributed by atoms with van der Waals surface area (Å²) in [6.45, 7) is 3.64. The van der Waals surface area contributed by atoms with Crippen molar-refractivity contribution >= 4 is 11.6 Å². The summed E-state index contributed by atoms with van der Waals surface area (Å²) >= 11 is 0. The first kappa shape index (κ1) is 12.1. The molecule has 0 amide bonds. The number of hydrogen-bond donors (Lipinski definition) is 1. The summed E-state index contributed by atoms with van der Waals surface area (Å²) in [4.78, 5) is 13.1. The van der Waals surface area contributed by atoms with Crippen molar-refractivity contribution in [2.24, 2.45) is 0 Å². The maximum Gasteiger partial charge on any atom is 0.134 e. The average Bonchev–Trinajstić information content (AvgIpc) is 2.29. The summed E-state index contributed by atoms with van der Waals surface area (Å²) in [5.74, 6) is 2.68. The zero-order chi connectivity index (χ0) is 12.4. The molecule has 1 aromatic rings. The van der Waals surface area contributed by atoms with Gasteiger partial charge >= 0.3 is 0 Å². The number of nitrogens with zero attached hydrogens (tertiary/aromatic N) is 4. The lowest BCUT2D eigenvalue weighted by Crippen LogP contribution is -2.36. The molecule has 94 valence electrons. The largest absolute Gasteiger partial charge is 0.393 e. The van der Waals surface area contributed by atoms with E-state index in [0.29, 0.717) is 0 Å². The first-order valence-corrected chi connectivity index (χ1v) is 6.02. The molecule has 0 atom stereocenters. The van der Waals surface area contributed by atoms with Gasteiger partial charge in [-0.05, 0) is 19.8 Å². The van der Waals surface area contributed by atoms with Crippen molar-refractivity contribution in [1.29, 1.82) is 0 Å². The Kier molecular flexibility index (Phi) is 3.47. The zero-order valence-corrected chi connectivity index (χ0v) is 10.7. The van der Waals surface area contributed by atoms with Crippen LogP contribution in [0.1, 0.15) is 18.7 Å². The predicted octanol–water partition coefficient (Wildman–Crippen LogP) is 0.812. The van der Waals surface area contributed by atoms with E-state index < -0.39 is 0 Å². The normalized spacial score (nSPS) is 17.3. The van der Waals surface area contributed by atoms with Gasteiger partial charge in [0.15, 0.2) is 0 Å². The molecular weight excluding hydrogens is 216 g/mol. The van der Waals surface area contributed by atoms with Crippen LogP contribution in [0.3, 0.4) is 0 Å². The average molecular weight is 236 g/mol. The summed E-state index contributed by atoms with van der Waals surface area (Å²) in [5.41, 5.74) is 0. The Hall–Kier alpha value is -1.36. The molecule has 1 aliphatic rings. The molecule has 2 heterocycles. The lowest BCUT2D eigenvalue weighted by atomic mass is 10.1. The van der Waals surface area contributed by atoms with Crippen LogP contribution < -0.4 is 9.80 Å².